The van der Waals surface area contributed by atoms with E-state index in [1.165, 1.54) is 105 Å². The molecule has 21 rings (SSSR count). The highest BCUT2D eigenvalue weighted by Gasteiger charge is 2.69. The first-order valence-electron chi connectivity index (χ1n) is 36.8. The maximum Gasteiger partial charge on any atom is 0.136 e. The van der Waals surface area contributed by atoms with Crippen LogP contribution < -0.4 is 0 Å². The number of fused-ring (bicyclic) bond motifs is 6. The topological polar surface area (TPSA) is 129 Å². The zero-order valence-corrected chi connectivity index (χ0v) is 57.8. The number of hydrogen-bond acceptors (Lipinski definition) is 12. The van der Waals surface area contributed by atoms with E-state index in [-0.39, 0.29) is 49.9 Å². The summed E-state index contributed by atoms with van der Waals surface area (Å²) in [6.45, 7) is 7.41. The molecule has 496 valence electrons. The molecule has 12 heteroatoms. The maximum absolute atomic E-state index is 12.4. The van der Waals surface area contributed by atoms with Gasteiger partial charge in [-0.05, 0) is 235 Å². The summed E-state index contributed by atoms with van der Waals surface area (Å²) >= 11 is 0. The first kappa shape index (κ1) is 60.9. The molecule has 0 amide bonds. The third-order valence-electron chi connectivity index (χ3n) is 28.6. The first-order chi connectivity index (χ1) is 46.9. The summed E-state index contributed by atoms with van der Waals surface area (Å²) in [7, 11) is 8.92. The smallest absolute Gasteiger partial charge is 0.136 e. The van der Waals surface area contributed by atoms with Gasteiger partial charge in [-0.2, -0.15) is 30.6 Å². The molecule has 3 saturated carbocycles. The highest BCUT2D eigenvalue weighted by Crippen LogP contribution is 2.71. The van der Waals surface area contributed by atoms with Crippen LogP contribution >= 0.6 is 0 Å². The van der Waals surface area contributed by atoms with Crippen molar-refractivity contribution >= 4 is 54.8 Å². The molecule has 6 spiro atoms. The molecule has 3 unspecified atom stereocenters. The van der Waals surface area contributed by atoms with Gasteiger partial charge < -0.3 is 24.0 Å². The molecule has 6 aromatic rings. The lowest BCUT2D eigenvalue weighted by Crippen LogP contribution is -2.54. The van der Waals surface area contributed by atoms with Gasteiger partial charge in [0.05, 0.1) is 70.8 Å². The van der Waals surface area contributed by atoms with E-state index in [2.05, 4.69) is 199 Å². The summed E-state index contributed by atoms with van der Waals surface area (Å²) in [5.74, 6) is 1.78. The van der Waals surface area contributed by atoms with Crippen LogP contribution in [0.3, 0.4) is 0 Å². The number of Topliss-reactive ketones (excluding diaryl/α,β-unsaturated/α-hetero) is 1. The average Bonchev–Trinajstić information content (AvgIpc) is 1.55. The highest BCUT2D eigenvalue weighted by atomic mass is 16.5. The molecule has 6 bridgehead atoms. The van der Waals surface area contributed by atoms with Gasteiger partial charge in [0.2, 0.25) is 0 Å². The summed E-state index contributed by atoms with van der Waals surface area (Å²) in [5.41, 5.74) is 16.6. The van der Waals surface area contributed by atoms with E-state index in [0.717, 1.165) is 105 Å². The Kier molecular flexibility index (Phi) is 13.5. The second-order valence-electron chi connectivity index (χ2n) is 33.5. The van der Waals surface area contributed by atoms with E-state index in [0.29, 0.717) is 48.5 Å². The Labute approximate surface area is 571 Å². The third-order valence-corrected chi connectivity index (χ3v) is 28.6. The largest absolute Gasteiger partial charge is 0.359 e. The zero-order chi connectivity index (χ0) is 65.7. The number of benzene rings is 3. The molecule has 9 aliphatic carbocycles. The molecule has 6 aliphatic heterocycles. The molecular weight excluding hydrogens is 1200 g/mol. The fourth-order valence-corrected chi connectivity index (χ4v) is 23.4. The van der Waals surface area contributed by atoms with Crippen LogP contribution in [0.2, 0.25) is 0 Å². The standard InChI is InChI=1S/2C29H33N3O.C27H26N2O2/c2*1-27-11-10-23-15-22-6-7-24(32(2)3)16-28(22)12-13-29(23,33-28)26(27)9-8-25(27)19-4-5-20-17-30-31-18-21(20)14-19;1-25-9-8-21-13-20-4-5-22(30)14-26(20)10-11-27(21,31-26)24(25)7-6-23(25)17-2-3-18-15-28-29-16-19(18)12-17/h2*4-5,8,10,14-15,17-18,24,26H,6-7,9,11-13,16H2,1-3H3;2-3,6,8,12-13,15-16,24H,4-5,7,9-11,14H2,1H3/t24-,26+,27+,28?,29+;24-,26-,27-,28?,29-;24-,25-,26?,27-/m011/s1. The fourth-order valence-electron chi connectivity index (χ4n) is 23.4. The van der Waals surface area contributed by atoms with Crippen LogP contribution in [0, 0.1) is 34.0 Å². The molecule has 3 saturated heterocycles. The van der Waals surface area contributed by atoms with Crippen molar-refractivity contribution in [1.29, 1.82) is 0 Å². The van der Waals surface area contributed by atoms with Crippen molar-refractivity contribution in [1.82, 2.24) is 40.4 Å². The third kappa shape index (κ3) is 8.73. The summed E-state index contributed by atoms with van der Waals surface area (Å²) < 4.78 is 21.8. The Balaban J connectivity index is 0.000000102. The Hall–Kier alpha value is -7.19. The van der Waals surface area contributed by atoms with E-state index in [4.69, 9.17) is 14.2 Å². The van der Waals surface area contributed by atoms with E-state index in [9.17, 15) is 4.79 Å². The van der Waals surface area contributed by atoms with Gasteiger partial charge in [-0.3, -0.25) is 4.79 Å². The van der Waals surface area contributed by atoms with Gasteiger partial charge in [0.1, 0.15) is 5.78 Å². The van der Waals surface area contributed by atoms with Crippen molar-refractivity contribution in [3.05, 3.63) is 197 Å². The Bertz CT molecular complexity index is 4510. The normalized spacial score (nSPS) is 38.7. The van der Waals surface area contributed by atoms with Gasteiger partial charge in [0.15, 0.2) is 0 Å². The van der Waals surface area contributed by atoms with Crippen molar-refractivity contribution in [3.63, 3.8) is 0 Å². The molecule has 97 heavy (non-hydrogen) atoms. The Morgan fingerprint density at radius 2 is 0.742 bits per heavy atom. The predicted molar refractivity (Wildman–Crippen MR) is 382 cm³/mol. The van der Waals surface area contributed by atoms with Gasteiger partial charge in [0.25, 0.3) is 0 Å². The minimum atomic E-state index is -0.324. The van der Waals surface area contributed by atoms with Gasteiger partial charge >= 0.3 is 0 Å². The number of aromatic nitrogens is 6. The molecule has 14 atom stereocenters. The average molecular weight is 1290 g/mol. The lowest BCUT2D eigenvalue weighted by atomic mass is 9.58. The summed E-state index contributed by atoms with van der Waals surface area (Å²) in [5, 5.41) is 31.3. The lowest BCUT2D eigenvalue weighted by molar-refractivity contribution is -0.143. The van der Waals surface area contributed by atoms with Crippen LogP contribution in [0.4, 0.5) is 0 Å². The zero-order valence-electron chi connectivity index (χ0n) is 57.8. The molecule has 9 heterocycles. The fraction of sp³-hybridized carbons (Fsp3) is 0.494. The maximum atomic E-state index is 12.4. The van der Waals surface area contributed by atoms with Gasteiger partial charge in [0, 0.05) is 91.2 Å². The monoisotopic (exact) mass is 1290 g/mol. The Morgan fingerprint density at radius 3 is 1.11 bits per heavy atom. The van der Waals surface area contributed by atoms with E-state index in [1.54, 1.807) is 11.1 Å². The highest BCUT2D eigenvalue weighted by molar-refractivity contribution is 5.90. The molecule has 15 aliphatic rings. The van der Waals surface area contributed by atoms with Crippen molar-refractivity contribution < 1.29 is 19.0 Å². The number of allylic oxidation sites excluding steroid dienone is 9. The number of carbonyl (C=O) groups excluding carboxylic acids is 1. The summed E-state index contributed by atoms with van der Waals surface area (Å²) in [6.07, 6.45) is 56.1. The first-order valence-corrected chi connectivity index (χ1v) is 36.8. The van der Waals surface area contributed by atoms with E-state index >= 15 is 0 Å². The molecule has 0 N–H and O–H groups in total. The minimum Gasteiger partial charge on any atom is -0.359 e. The van der Waals surface area contributed by atoms with Crippen molar-refractivity contribution in [3.8, 4) is 0 Å². The summed E-state index contributed by atoms with van der Waals surface area (Å²) in [6, 6.07) is 21.4. The number of rotatable bonds is 5. The molecule has 3 aromatic heterocycles. The van der Waals surface area contributed by atoms with Crippen molar-refractivity contribution in [2.75, 3.05) is 28.2 Å². The van der Waals surface area contributed by atoms with Crippen molar-refractivity contribution in [2.24, 2.45) is 34.0 Å². The Morgan fingerprint density at radius 1 is 0.402 bits per heavy atom. The molecular formula is C85H92N8O4. The number of ether oxygens (including phenoxy) is 3. The number of hydrogen-bond donors (Lipinski definition) is 0. The van der Waals surface area contributed by atoms with Crippen LogP contribution in [-0.2, 0) is 19.0 Å². The second-order valence-corrected chi connectivity index (χ2v) is 33.5. The quantitative estimate of drug-likeness (QED) is 0.163. The number of nitrogens with zero attached hydrogens (tertiary/aromatic N) is 8. The van der Waals surface area contributed by atoms with E-state index in [1.807, 2.05) is 37.2 Å². The van der Waals surface area contributed by atoms with Crippen LogP contribution in [0.1, 0.15) is 172 Å². The van der Waals surface area contributed by atoms with Crippen LogP contribution in [0.15, 0.2) is 180 Å². The van der Waals surface area contributed by atoms with Crippen molar-refractivity contribution in [2.45, 2.75) is 201 Å². The molecule has 3 aromatic carbocycles. The summed E-state index contributed by atoms with van der Waals surface area (Å²) in [4.78, 5) is 17.2. The lowest BCUT2D eigenvalue weighted by Gasteiger charge is -2.54. The molecule has 0 radical (unpaired) electrons. The van der Waals surface area contributed by atoms with E-state index < -0.39 is 0 Å². The SMILES string of the molecule is CN(C)[C@@H]1CCC2=CC3=CC[C@]4(C)C(c5ccc6cnncc6c5)=CC[C@H]4[C@@]34CCC2(C1)O4.CN(C)[C@H]1CCC2=CC3=CC[C@]4(C)C(c5ccc6cnncc6c5)=CC[C@H]4[C@@]34CCC2(C1)O4.C[C@]12CC=C3C=C4CCC(=O)CC45CC[C@]3(O5)[C@@H]1CC=C2c1ccc2cnncc2c1. The van der Waals surface area contributed by atoms with Crippen LogP contribution in [-0.4, -0.2) is 120 Å². The van der Waals surface area contributed by atoms with Crippen LogP contribution in [0.25, 0.3) is 49.0 Å². The number of ketones is 1. The van der Waals surface area contributed by atoms with Gasteiger partial charge in [-0.25, -0.2) is 0 Å². The molecule has 6 fully saturated rings. The predicted octanol–water partition coefficient (Wildman–Crippen LogP) is 16.8. The number of carbonyl (C=O) groups is 1. The minimum absolute atomic E-state index is 0.0346. The second kappa shape index (κ2) is 21.4. The molecule has 12 nitrogen and oxygen atoms in total. The van der Waals surface area contributed by atoms with Gasteiger partial charge in [-0.15, -0.1) is 0 Å². The van der Waals surface area contributed by atoms with Gasteiger partial charge in [-0.1, -0.05) is 112 Å². The van der Waals surface area contributed by atoms with Crippen LogP contribution in [0.5, 0.6) is 0 Å².